The van der Waals surface area contributed by atoms with Crippen molar-refractivity contribution in [1.82, 2.24) is 0 Å². The van der Waals surface area contributed by atoms with E-state index in [4.69, 9.17) is 10.0 Å². The summed E-state index contributed by atoms with van der Waals surface area (Å²) in [6, 6.07) is 6.04. The molecule has 0 aromatic heterocycles. The van der Waals surface area contributed by atoms with Crippen molar-refractivity contribution in [3.63, 3.8) is 0 Å². The number of ether oxygens (including phenoxy) is 1. The Kier molecular flexibility index (Phi) is 5.55. The molecule has 0 bridgehead atoms. The zero-order chi connectivity index (χ0) is 13.5. The summed E-state index contributed by atoms with van der Waals surface area (Å²) in [6.07, 6.45) is 0.918. The average Bonchev–Trinajstić information content (AvgIpc) is 2.38. The minimum atomic E-state index is -1.53. The summed E-state index contributed by atoms with van der Waals surface area (Å²) in [5.74, 6) is -0.417. The van der Waals surface area contributed by atoms with Gasteiger partial charge >= 0.3 is 13.1 Å². The van der Waals surface area contributed by atoms with Crippen LogP contribution in [0.15, 0.2) is 24.3 Å². The lowest BCUT2D eigenvalue weighted by molar-refractivity contribution is -0.140. The molecule has 0 aliphatic carbocycles. The smallest absolute Gasteiger partial charge is 0.469 e. The number of esters is 1. The van der Waals surface area contributed by atoms with E-state index in [1.54, 1.807) is 0 Å². The summed E-state index contributed by atoms with van der Waals surface area (Å²) in [5, 5.41) is 17.8. The topological polar surface area (TPSA) is 83.8 Å². The predicted molar refractivity (Wildman–Crippen MR) is 66.5 cm³/mol. The minimum absolute atomic E-state index is 0.0853. The van der Waals surface area contributed by atoms with Crippen LogP contribution in [0.4, 0.5) is 0 Å². The highest BCUT2D eigenvalue weighted by molar-refractivity contribution is 6.58. The van der Waals surface area contributed by atoms with E-state index in [-0.39, 0.29) is 24.6 Å². The van der Waals surface area contributed by atoms with Crippen molar-refractivity contribution in [2.45, 2.75) is 19.3 Å². The Bertz CT molecular complexity index is 413. The third-order valence-corrected chi connectivity index (χ3v) is 2.54. The summed E-state index contributed by atoms with van der Waals surface area (Å²) in [4.78, 5) is 22.6. The van der Waals surface area contributed by atoms with Gasteiger partial charge in [0.05, 0.1) is 7.11 Å². The summed E-state index contributed by atoms with van der Waals surface area (Å²) in [6.45, 7) is 0. The standard InChI is InChI=1S/C12H15BO5/c1-18-12(15)4-2-3-11(14)9-5-7-10(8-6-9)13(16)17/h5-8,16-17H,2-4H2,1H3. The van der Waals surface area contributed by atoms with Gasteiger partial charge in [-0.3, -0.25) is 9.59 Å². The molecule has 0 aliphatic rings. The SMILES string of the molecule is COC(=O)CCCC(=O)c1ccc(B(O)O)cc1. The second-order valence-electron chi connectivity index (χ2n) is 3.85. The van der Waals surface area contributed by atoms with Crippen molar-refractivity contribution in [1.29, 1.82) is 0 Å². The third kappa shape index (κ3) is 4.31. The molecule has 0 radical (unpaired) electrons. The molecule has 0 aliphatic heterocycles. The van der Waals surface area contributed by atoms with E-state index in [1.165, 1.54) is 31.4 Å². The van der Waals surface area contributed by atoms with Crippen molar-refractivity contribution in [3.05, 3.63) is 29.8 Å². The highest BCUT2D eigenvalue weighted by atomic mass is 16.5. The summed E-state index contributed by atoms with van der Waals surface area (Å²) in [7, 11) is -0.225. The van der Waals surface area contributed by atoms with Crippen LogP contribution in [-0.4, -0.2) is 36.0 Å². The zero-order valence-electron chi connectivity index (χ0n) is 10.1. The van der Waals surface area contributed by atoms with E-state index in [0.717, 1.165) is 0 Å². The fourth-order valence-corrected chi connectivity index (χ4v) is 1.48. The van der Waals surface area contributed by atoms with Crippen molar-refractivity contribution in [3.8, 4) is 0 Å². The van der Waals surface area contributed by atoms with Crippen LogP contribution in [0.2, 0.25) is 0 Å². The average molecular weight is 250 g/mol. The maximum Gasteiger partial charge on any atom is 0.488 e. The lowest BCUT2D eigenvalue weighted by atomic mass is 9.80. The summed E-state index contributed by atoms with van der Waals surface area (Å²) in [5.41, 5.74) is 0.824. The number of benzene rings is 1. The van der Waals surface area contributed by atoms with E-state index >= 15 is 0 Å². The summed E-state index contributed by atoms with van der Waals surface area (Å²) < 4.78 is 4.47. The first-order valence-electron chi connectivity index (χ1n) is 5.60. The fraction of sp³-hybridized carbons (Fsp3) is 0.333. The molecule has 0 saturated carbocycles. The molecular formula is C12H15BO5. The quantitative estimate of drug-likeness (QED) is 0.418. The van der Waals surface area contributed by atoms with Crippen LogP contribution >= 0.6 is 0 Å². The molecule has 0 saturated heterocycles. The molecule has 1 rings (SSSR count). The van der Waals surface area contributed by atoms with E-state index < -0.39 is 7.12 Å². The molecule has 1 aromatic carbocycles. The Hall–Kier alpha value is -1.66. The fourth-order valence-electron chi connectivity index (χ4n) is 1.48. The van der Waals surface area contributed by atoms with Crippen LogP contribution in [0.5, 0.6) is 0 Å². The Labute approximate surface area is 106 Å². The molecule has 5 nitrogen and oxygen atoms in total. The molecule has 18 heavy (non-hydrogen) atoms. The minimum Gasteiger partial charge on any atom is -0.469 e. The Morgan fingerprint density at radius 2 is 1.78 bits per heavy atom. The van der Waals surface area contributed by atoms with Gasteiger partial charge < -0.3 is 14.8 Å². The second kappa shape index (κ2) is 6.93. The number of hydrogen-bond acceptors (Lipinski definition) is 5. The molecule has 0 fully saturated rings. The molecule has 2 N–H and O–H groups in total. The lowest BCUT2D eigenvalue weighted by Crippen LogP contribution is -2.29. The van der Waals surface area contributed by atoms with Crippen molar-refractivity contribution in [2.24, 2.45) is 0 Å². The van der Waals surface area contributed by atoms with Crippen molar-refractivity contribution >= 4 is 24.3 Å². The van der Waals surface area contributed by atoms with Gasteiger partial charge in [-0.15, -0.1) is 0 Å². The molecular weight excluding hydrogens is 235 g/mol. The Balaban J connectivity index is 2.49. The number of ketones is 1. The Morgan fingerprint density at radius 3 is 2.28 bits per heavy atom. The first-order valence-corrected chi connectivity index (χ1v) is 5.60. The number of hydrogen-bond donors (Lipinski definition) is 2. The summed E-state index contributed by atoms with van der Waals surface area (Å²) >= 11 is 0. The van der Waals surface area contributed by atoms with E-state index in [9.17, 15) is 9.59 Å². The molecule has 1 aromatic rings. The zero-order valence-corrected chi connectivity index (χ0v) is 10.1. The number of carbonyl (C=O) groups is 2. The predicted octanol–water partition coefficient (Wildman–Crippen LogP) is -0.108. The van der Waals surface area contributed by atoms with Gasteiger partial charge in [-0.2, -0.15) is 0 Å². The van der Waals surface area contributed by atoms with Crippen LogP contribution in [0.1, 0.15) is 29.6 Å². The molecule has 0 heterocycles. The van der Waals surface area contributed by atoms with Gasteiger partial charge in [0.15, 0.2) is 5.78 Å². The van der Waals surface area contributed by atoms with Crippen LogP contribution < -0.4 is 5.46 Å². The highest BCUT2D eigenvalue weighted by Crippen LogP contribution is 2.06. The molecule has 0 amide bonds. The van der Waals surface area contributed by atoms with Crippen LogP contribution in [0.3, 0.4) is 0 Å². The van der Waals surface area contributed by atoms with Gasteiger partial charge in [-0.05, 0) is 11.9 Å². The lowest BCUT2D eigenvalue weighted by Gasteiger charge is -2.03. The molecule has 0 unspecified atom stereocenters. The molecule has 0 spiro atoms. The number of carbonyl (C=O) groups excluding carboxylic acids is 2. The highest BCUT2D eigenvalue weighted by Gasteiger charge is 2.12. The number of methoxy groups -OCH3 is 1. The molecule has 6 heteroatoms. The number of Topliss-reactive ketones (excluding diaryl/α,β-unsaturated/α-hetero) is 1. The third-order valence-electron chi connectivity index (χ3n) is 2.54. The van der Waals surface area contributed by atoms with E-state index in [0.29, 0.717) is 17.4 Å². The van der Waals surface area contributed by atoms with Crippen molar-refractivity contribution in [2.75, 3.05) is 7.11 Å². The van der Waals surface area contributed by atoms with E-state index in [1.807, 2.05) is 0 Å². The van der Waals surface area contributed by atoms with Gasteiger partial charge in [0.2, 0.25) is 0 Å². The van der Waals surface area contributed by atoms with Crippen molar-refractivity contribution < 1.29 is 24.4 Å². The first-order chi connectivity index (χ1) is 8.54. The van der Waals surface area contributed by atoms with E-state index in [2.05, 4.69) is 4.74 Å². The van der Waals surface area contributed by atoms with Gasteiger partial charge in [0.1, 0.15) is 0 Å². The molecule has 96 valence electrons. The van der Waals surface area contributed by atoms with Crippen LogP contribution in [0.25, 0.3) is 0 Å². The monoisotopic (exact) mass is 250 g/mol. The first kappa shape index (κ1) is 14.4. The normalized spacial score (nSPS) is 9.94. The van der Waals surface area contributed by atoms with Gasteiger partial charge in [-0.1, -0.05) is 24.3 Å². The second-order valence-corrected chi connectivity index (χ2v) is 3.85. The largest absolute Gasteiger partial charge is 0.488 e. The number of rotatable bonds is 6. The van der Waals surface area contributed by atoms with Gasteiger partial charge in [-0.25, -0.2) is 0 Å². The van der Waals surface area contributed by atoms with Gasteiger partial charge in [0, 0.05) is 18.4 Å². The van der Waals surface area contributed by atoms with Gasteiger partial charge in [0.25, 0.3) is 0 Å². The van der Waals surface area contributed by atoms with Crippen LogP contribution in [0, 0.1) is 0 Å². The maximum absolute atomic E-state index is 11.7. The Morgan fingerprint density at radius 1 is 1.17 bits per heavy atom. The molecule has 0 atom stereocenters. The maximum atomic E-state index is 11.7. The van der Waals surface area contributed by atoms with Crippen LogP contribution in [-0.2, 0) is 9.53 Å².